The maximum atomic E-state index is 12.8. The number of aliphatic carboxylic acids is 1. The summed E-state index contributed by atoms with van der Waals surface area (Å²) in [7, 11) is 0. The molecule has 2 amide bonds. The second kappa shape index (κ2) is 9.07. The van der Waals surface area contributed by atoms with E-state index in [0.717, 1.165) is 22.3 Å². The SMILES string of the molecule is CC(C)(NC(=O)C(NC(=O)OCC1c2ccccc2-c2ccccc21)c1cccs1)C(=O)O. The van der Waals surface area contributed by atoms with Gasteiger partial charge in [0.15, 0.2) is 0 Å². The number of rotatable bonds is 7. The number of hydrogen-bond acceptors (Lipinski definition) is 5. The van der Waals surface area contributed by atoms with Crippen molar-refractivity contribution in [3.8, 4) is 11.1 Å². The van der Waals surface area contributed by atoms with Gasteiger partial charge in [0, 0.05) is 10.8 Å². The van der Waals surface area contributed by atoms with Gasteiger partial charge in [-0.25, -0.2) is 9.59 Å². The van der Waals surface area contributed by atoms with Crippen molar-refractivity contribution in [2.75, 3.05) is 6.61 Å². The zero-order valence-corrected chi connectivity index (χ0v) is 19.0. The van der Waals surface area contributed by atoms with Crippen LogP contribution in [0.25, 0.3) is 11.1 Å². The van der Waals surface area contributed by atoms with Crippen molar-refractivity contribution in [1.82, 2.24) is 10.6 Å². The Labute approximate surface area is 195 Å². The highest BCUT2D eigenvalue weighted by molar-refractivity contribution is 7.10. The number of alkyl carbamates (subject to hydrolysis) is 1. The Bertz CT molecular complexity index is 1140. The molecule has 0 bridgehead atoms. The number of nitrogens with one attached hydrogen (secondary N) is 2. The Morgan fingerprint density at radius 3 is 2.15 bits per heavy atom. The molecule has 3 N–H and O–H groups in total. The molecular weight excluding hydrogens is 440 g/mol. The van der Waals surface area contributed by atoms with E-state index in [4.69, 9.17) is 4.74 Å². The molecule has 1 atom stereocenters. The van der Waals surface area contributed by atoms with E-state index in [2.05, 4.69) is 22.8 Å². The highest BCUT2D eigenvalue weighted by Crippen LogP contribution is 2.44. The van der Waals surface area contributed by atoms with E-state index in [0.29, 0.717) is 4.88 Å². The summed E-state index contributed by atoms with van der Waals surface area (Å²) in [5, 5.41) is 16.2. The van der Waals surface area contributed by atoms with Gasteiger partial charge >= 0.3 is 12.1 Å². The van der Waals surface area contributed by atoms with Crippen LogP contribution in [-0.4, -0.2) is 35.2 Å². The summed E-state index contributed by atoms with van der Waals surface area (Å²) in [5.74, 6) is -1.91. The fraction of sp³-hybridized carbons (Fsp3) is 0.240. The lowest BCUT2D eigenvalue weighted by atomic mass is 9.98. The van der Waals surface area contributed by atoms with Crippen LogP contribution in [0, 0.1) is 0 Å². The van der Waals surface area contributed by atoms with Crippen LogP contribution < -0.4 is 10.6 Å². The molecule has 8 heteroatoms. The fourth-order valence-electron chi connectivity index (χ4n) is 3.91. The highest BCUT2D eigenvalue weighted by Gasteiger charge is 2.34. The third-order valence-corrected chi connectivity index (χ3v) is 6.60. The molecule has 2 aromatic carbocycles. The number of ether oxygens (including phenoxy) is 1. The van der Waals surface area contributed by atoms with Gasteiger partial charge in [0.25, 0.3) is 0 Å². The Hall–Kier alpha value is -3.65. The molecular formula is C25H24N2O5S. The number of fused-ring (bicyclic) bond motifs is 3. The first kappa shape index (κ1) is 22.5. The lowest BCUT2D eigenvalue weighted by Gasteiger charge is -2.25. The summed E-state index contributed by atoms with van der Waals surface area (Å²) < 4.78 is 5.55. The van der Waals surface area contributed by atoms with E-state index in [1.807, 2.05) is 36.4 Å². The van der Waals surface area contributed by atoms with E-state index in [1.54, 1.807) is 17.5 Å². The largest absolute Gasteiger partial charge is 0.480 e. The molecule has 3 aromatic rings. The number of carboxylic acids is 1. The van der Waals surface area contributed by atoms with Gasteiger partial charge in [-0.15, -0.1) is 11.3 Å². The van der Waals surface area contributed by atoms with Crippen LogP contribution >= 0.6 is 11.3 Å². The first-order valence-corrected chi connectivity index (χ1v) is 11.4. The molecule has 0 fully saturated rings. The molecule has 0 radical (unpaired) electrons. The number of carbonyl (C=O) groups is 3. The second-order valence-electron chi connectivity index (χ2n) is 8.34. The van der Waals surface area contributed by atoms with Gasteiger partial charge in [-0.1, -0.05) is 54.6 Å². The molecule has 7 nitrogen and oxygen atoms in total. The minimum absolute atomic E-state index is 0.108. The van der Waals surface area contributed by atoms with Gasteiger partial charge in [0.1, 0.15) is 18.2 Å². The zero-order valence-electron chi connectivity index (χ0n) is 18.2. The lowest BCUT2D eigenvalue weighted by Crippen LogP contribution is -2.53. The predicted octanol–water partition coefficient (Wildman–Crippen LogP) is 4.31. The van der Waals surface area contributed by atoms with E-state index in [-0.39, 0.29) is 12.5 Å². The minimum atomic E-state index is -1.49. The third-order valence-electron chi connectivity index (χ3n) is 5.67. The number of benzene rings is 2. The van der Waals surface area contributed by atoms with Gasteiger partial charge in [-0.2, -0.15) is 0 Å². The summed E-state index contributed by atoms with van der Waals surface area (Å²) in [6, 6.07) is 18.4. The number of carbonyl (C=O) groups excluding carboxylic acids is 2. The molecule has 0 saturated carbocycles. The number of thiophene rings is 1. The molecule has 0 aliphatic heterocycles. The third kappa shape index (κ3) is 4.61. The van der Waals surface area contributed by atoms with Crippen molar-refractivity contribution in [1.29, 1.82) is 0 Å². The molecule has 1 aliphatic carbocycles. The molecule has 1 aliphatic rings. The van der Waals surface area contributed by atoms with Crippen LogP contribution in [-0.2, 0) is 14.3 Å². The zero-order chi connectivity index (χ0) is 23.6. The normalized spacial score (nSPS) is 13.5. The summed E-state index contributed by atoms with van der Waals surface area (Å²) in [5.41, 5.74) is 2.92. The molecule has 1 heterocycles. The lowest BCUT2D eigenvalue weighted by molar-refractivity contribution is -0.146. The molecule has 4 rings (SSSR count). The van der Waals surface area contributed by atoms with E-state index in [1.165, 1.54) is 25.2 Å². The van der Waals surface area contributed by atoms with Gasteiger partial charge in [-0.3, -0.25) is 4.79 Å². The quantitative estimate of drug-likeness (QED) is 0.483. The van der Waals surface area contributed by atoms with Gasteiger partial charge in [0.05, 0.1) is 0 Å². The maximum Gasteiger partial charge on any atom is 0.408 e. The summed E-state index contributed by atoms with van der Waals surface area (Å²) >= 11 is 1.28. The van der Waals surface area contributed by atoms with Crippen molar-refractivity contribution < 1.29 is 24.2 Å². The van der Waals surface area contributed by atoms with Crippen LogP contribution in [0.15, 0.2) is 66.0 Å². The van der Waals surface area contributed by atoms with Crippen LogP contribution in [0.3, 0.4) is 0 Å². The van der Waals surface area contributed by atoms with Crippen molar-refractivity contribution in [3.63, 3.8) is 0 Å². The molecule has 1 aromatic heterocycles. The van der Waals surface area contributed by atoms with Crippen molar-refractivity contribution in [3.05, 3.63) is 82.0 Å². The first-order chi connectivity index (χ1) is 15.8. The van der Waals surface area contributed by atoms with Crippen molar-refractivity contribution in [2.45, 2.75) is 31.3 Å². The molecule has 1 unspecified atom stereocenters. The number of carboxylic acid groups (broad SMARTS) is 1. The van der Waals surface area contributed by atoms with Crippen LogP contribution in [0.5, 0.6) is 0 Å². The fourth-order valence-corrected chi connectivity index (χ4v) is 4.69. The maximum absolute atomic E-state index is 12.8. The van der Waals surface area contributed by atoms with Crippen LogP contribution in [0.1, 0.15) is 41.8 Å². The smallest absolute Gasteiger partial charge is 0.408 e. The summed E-state index contributed by atoms with van der Waals surface area (Å²) in [6.45, 7) is 2.87. The highest BCUT2D eigenvalue weighted by atomic mass is 32.1. The predicted molar refractivity (Wildman–Crippen MR) is 125 cm³/mol. The van der Waals surface area contributed by atoms with Crippen molar-refractivity contribution in [2.24, 2.45) is 0 Å². The Kier molecular flexibility index (Phi) is 6.20. The molecule has 0 spiro atoms. The average molecular weight is 465 g/mol. The number of amides is 2. The van der Waals surface area contributed by atoms with Gasteiger partial charge in [-0.05, 0) is 47.5 Å². The summed E-state index contributed by atoms with van der Waals surface area (Å²) in [6.07, 6.45) is -0.751. The molecule has 33 heavy (non-hydrogen) atoms. The van der Waals surface area contributed by atoms with Crippen LogP contribution in [0.2, 0.25) is 0 Å². The standard InChI is InChI=1S/C25H24N2O5S/c1-25(2,23(29)30)27-22(28)21(20-12-7-13-33-20)26-24(31)32-14-19-17-10-5-3-8-15(17)16-9-4-6-11-18(16)19/h3-13,19,21H,14H2,1-2H3,(H,26,31)(H,27,28)(H,29,30). The van der Waals surface area contributed by atoms with E-state index in [9.17, 15) is 19.5 Å². The second-order valence-corrected chi connectivity index (χ2v) is 9.32. The first-order valence-electron chi connectivity index (χ1n) is 10.5. The molecule has 170 valence electrons. The van der Waals surface area contributed by atoms with E-state index >= 15 is 0 Å². The minimum Gasteiger partial charge on any atom is -0.480 e. The van der Waals surface area contributed by atoms with Gasteiger partial charge in [0.2, 0.25) is 5.91 Å². The Morgan fingerprint density at radius 1 is 1.00 bits per heavy atom. The number of hydrogen-bond donors (Lipinski definition) is 3. The Balaban J connectivity index is 1.48. The van der Waals surface area contributed by atoms with Crippen molar-refractivity contribution >= 4 is 29.3 Å². The monoisotopic (exact) mass is 464 g/mol. The summed E-state index contributed by atoms with van der Waals surface area (Å²) in [4.78, 5) is 37.5. The molecule has 0 saturated heterocycles. The van der Waals surface area contributed by atoms with E-state index < -0.39 is 29.6 Å². The van der Waals surface area contributed by atoms with Crippen LogP contribution in [0.4, 0.5) is 4.79 Å². The average Bonchev–Trinajstić information content (AvgIpc) is 3.42. The Morgan fingerprint density at radius 2 is 1.61 bits per heavy atom. The van der Waals surface area contributed by atoms with Gasteiger partial charge < -0.3 is 20.5 Å². The topological polar surface area (TPSA) is 105 Å².